The van der Waals surface area contributed by atoms with Crippen LogP contribution < -0.4 is 4.90 Å². The van der Waals surface area contributed by atoms with E-state index in [9.17, 15) is 24.5 Å². The molecule has 0 aromatic heterocycles. The molecule has 3 rings (SSSR count). The van der Waals surface area contributed by atoms with Crippen LogP contribution in [-0.2, 0) is 38.8 Å². The fourth-order valence-electron chi connectivity index (χ4n) is 3.30. The van der Waals surface area contributed by atoms with Crippen molar-refractivity contribution in [2.75, 3.05) is 4.90 Å². The maximum Gasteiger partial charge on any atom is 0.306 e. The number of benzene rings is 2. The summed E-state index contributed by atoms with van der Waals surface area (Å²) < 4.78 is 5.18. The molecule has 0 saturated carbocycles. The van der Waals surface area contributed by atoms with Gasteiger partial charge in [-0.1, -0.05) is 18.2 Å². The van der Waals surface area contributed by atoms with Crippen LogP contribution >= 0.6 is 0 Å². The Bertz CT molecular complexity index is 1040. The van der Waals surface area contributed by atoms with Crippen molar-refractivity contribution in [3.05, 3.63) is 81.4 Å². The predicted octanol–water partition coefficient (Wildman–Crippen LogP) is 2.97. The van der Waals surface area contributed by atoms with Gasteiger partial charge in [-0.15, -0.1) is 0 Å². The van der Waals surface area contributed by atoms with Crippen LogP contribution in [0.3, 0.4) is 0 Å². The van der Waals surface area contributed by atoms with Gasteiger partial charge in [-0.05, 0) is 48.6 Å². The van der Waals surface area contributed by atoms with Crippen molar-refractivity contribution in [1.82, 2.24) is 0 Å². The summed E-state index contributed by atoms with van der Waals surface area (Å²) in [7, 11) is 0. The monoisotopic (exact) mass is 438 g/mol. The van der Waals surface area contributed by atoms with Crippen molar-refractivity contribution >= 4 is 29.2 Å². The molecule has 2 aromatic carbocycles. The Balaban J connectivity index is 1.40. The number of aliphatic hydroxyl groups excluding tert-OH is 1. The standard InChI is InChI=1S/C23H22N2O7/c26-14-18-8-5-17(13-20(18)25(30)31)15-32-23(29)4-2-1-3-16-6-9-19(10-7-16)24-21(27)11-12-22(24)28/h5-13,26H,1-4,14-15H2. The number of imide groups is 1. The minimum atomic E-state index is -0.582. The number of aryl methyl sites for hydroxylation is 1. The third kappa shape index (κ3) is 5.64. The smallest absolute Gasteiger partial charge is 0.306 e. The number of hydrogen-bond donors (Lipinski definition) is 1. The fourth-order valence-corrected chi connectivity index (χ4v) is 3.30. The first-order valence-corrected chi connectivity index (χ1v) is 10.1. The maximum atomic E-state index is 12.0. The summed E-state index contributed by atoms with van der Waals surface area (Å²) in [5.74, 6) is -1.12. The zero-order valence-corrected chi connectivity index (χ0v) is 17.2. The highest BCUT2D eigenvalue weighted by Gasteiger charge is 2.24. The molecule has 0 atom stereocenters. The van der Waals surface area contributed by atoms with Gasteiger partial charge in [0.25, 0.3) is 17.5 Å². The van der Waals surface area contributed by atoms with Crippen LogP contribution in [0.4, 0.5) is 11.4 Å². The summed E-state index contributed by atoms with van der Waals surface area (Å²) in [4.78, 5) is 46.9. The van der Waals surface area contributed by atoms with Crippen LogP contribution in [0.25, 0.3) is 0 Å². The van der Waals surface area contributed by atoms with Crippen molar-refractivity contribution < 1.29 is 29.2 Å². The van der Waals surface area contributed by atoms with E-state index >= 15 is 0 Å². The molecule has 166 valence electrons. The lowest BCUT2D eigenvalue weighted by molar-refractivity contribution is -0.385. The summed E-state index contributed by atoms with van der Waals surface area (Å²) in [5.41, 5.74) is 2.01. The number of hydrogen-bond acceptors (Lipinski definition) is 7. The molecule has 1 aliphatic rings. The number of ether oxygens (including phenoxy) is 1. The summed E-state index contributed by atoms with van der Waals surface area (Å²) in [5, 5.41) is 20.2. The topological polar surface area (TPSA) is 127 Å². The minimum absolute atomic E-state index is 0.0738. The largest absolute Gasteiger partial charge is 0.461 e. The van der Waals surface area contributed by atoms with Crippen LogP contribution in [0.1, 0.15) is 36.0 Å². The van der Waals surface area contributed by atoms with Gasteiger partial charge < -0.3 is 9.84 Å². The van der Waals surface area contributed by atoms with Gasteiger partial charge in [-0.3, -0.25) is 24.5 Å². The number of carbonyl (C=O) groups excluding carboxylic acids is 3. The first-order valence-electron chi connectivity index (χ1n) is 10.1. The molecule has 1 N–H and O–H groups in total. The highest BCUT2D eigenvalue weighted by molar-refractivity contribution is 6.28. The molecule has 9 heteroatoms. The molecule has 0 bridgehead atoms. The Morgan fingerprint density at radius 1 is 1.00 bits per heavy atom. The minimum Gasteiger partial charge on any atom is -0.461 e. The van der Waals surface area contributed by atoms with Crippen molar-refractivity contribution in [2.24, 2.45) is 0 Å². The van der Waals surface area contributed by atoms with E-state index in [0.717, 1.165) is 23.3 Å². The molecule has 2 aromatic rings. The first kappa shape index (κ1) is 22.8. The van der Waals surface area contributed by atoms with Gasteiger partial charge in [0.2, 0.25) is 0 Å². The van der Waals surface area contributed by atoms with Gasteiger partial charge in [-0.2, -0.15) is 0 Å². The lowest BCUT2D eigenvalue weighted by Gasteiger charge is -2.14. The third-order valence-electron chi connectivity index (χ3n) is 5.02. The second-order valence-electron chi connectivity index (χ2n) is 7.26. The molecule has 0 unspecified atom stereocenters. The molecule has 9 nitrogen and oxygen atoms in total. The Morgan fingerprint density at radius 3 is 2.28 bits per heavy atom. The molecule has 1 heterocycles. The van der Waals surface area contributed by atoms with Crippen LogP contribution in [0.15, 0.2) is 54.6 Å². The molecular formula is C23H22N2O7. The van der Waals surface area contributed by atoms with E-state index in [-0.39, 0.29) is 36.1 Å². The summed E-state index contributed by atoms with van der Waals surface area (Å²) in [6, 6.07) is 11.4. The average molecular weight is 438 g/mol. The van der Waals surface area contributed by atoms with Gasteiger partial charge in [0.15, 0.2) is 0 Å². The number of amides is 2. The highest BCUT2D eigenvalue weighted by atomic mass is 16.6. The number of carbonyl (C=O) groups is 3. The third-order valence-corrected chi connectivity index (χ3v) is 5.02. The number of unbranched alkanes of at least 4 members (excludes halogenated alkanes) is 1. The van der Waals surface area contributed by atoms with Gasteiger partial charge in [0.05, 0.1) is 22.8 Å². The van der Waals surface area contributed by atoms with E-state index in [0.29, 0.717) is 17.7 Å². The van der Waals surface area contributed by atoms with E-state index < -0.39 is 17.5 Å². The zero-order chi connectivity index (χ0) is 23.1. The van der Waals surface area contributed by atoms with E-state index in [1.54, 1.807) is 18.2 Å². The Morgan fingerprint density at radius 2 is 1.66 bits per heavy atom. The summed E-state index contributed by atoms with van der Waals surface area (Å²) in [6.07, 6.45) is 4.77. The van der Waals surface area contributed by atoms with Crippen LogP contribution in [-0.4, -0.2) is 27.8 Å². The van der Waals surface area contributed by atoms with Crippen molar-refractivity contribution in [1.29, 1.82) is 0 Å². The summed E-state index contributed by atoms with van der Waals surface area (Å²) in [6.45, 7) is -0.513. The van der Waals surface area contributed by atoms with Gasteiger partial charge in [0, 0.05) is 24.6 Å². The van der Waals surface area contributed by atoms with E-state index in [1.165, 1.54) is 24.3 Å². The molecule has 0 saturated heterocycles. The second kappa shape index (κ2) is 10.5. The molecule has 0 spiro atoms. The number of nitro benzene ring substituents is 1. The molecular weight excluding hydrogens is 416 g/mol. The van der Waals surface area contributed by atoms with Crippen molar-refractivity contribution in [3.8, 4) is 0 Å². The number of nitrogens with zero attached hydrogens (tertiary/aromatic N) is 2. The molecule has 0 aliphatic carbocycles. The van der Waals surface area contributed by atoms with Gasteiger partial charge in [-0.25, -0.2) is 4.90 Å². The van der Waals surface area contributed by atoms with E-state index in [2.05, 4.69) is 0 Å². The lowest BCUT2D eigenvalue weighted by atomic mass is 10.1. The summed E-state index contributed by atoms with van der Waals surface area (Å²) >= 11 is 0. The number of rotatable bonds is 10. The second-order valence-corrected chi connectivity index (χ2v) is 7.26. The zero-order valence-electron chi connectivity index (χ0n) is 17.2. The average Bonchev–Trinajstić information content (AvgIpc) is 3.13. The molecule has 1 aliphatic heterocycles. The maximum absolute atomic E-state index is 12.0. The first-order chi connectivity index (χ1) is 15.4. The molecule has 32 heavy (non-hydrogen) atoms. The fraction of sp³-hybridized carbons (Fsp3) is 0.261. The highest BCUT2D eigenvalue weighted by Crippen LogP contribution is 2.22. The van der Waals surface area contributed by atoms with E-state index in [1.807, 2.05) is 12.1 Å². The van der Waals surface area contributed by atoms with Crippen LogP contribution in [0.2, 0.25) is 0 Å². The number of aliphatic hydroxyl groups is 1. The molecule has 0 fully saturated rings. The van der Waals surface area contributed by atoms with Gasteiger partial charge in [0.1, 0.15) is 6.61 Å². The normalized spacial score (nSPS) is 13.0. The molecule has 0 radical (unpaired) electrons. The van der Waals surface area contributed by atoms with Crippen molar-refractivity contribution in [2.45, 2.75) is 38.9 Å². The SMILES string of the molecule is O=C(CCCCc1ccc(N2C(=O)C=CC2=O)cc1)OCc1ccc(CO)c([N+](=O)[O-])c1. The van der Waals surface area contributed by atoms with Gasteiger partial charge >= 0.3 is 5.97 Å². The Kier molecular flexibility index (Phi) is 7.45. The Hall–Kier alpha value is -3.85. The predicted molar refractivity (Wildman–Crippen MR) is 114 cm³/mol. The number of esters is 1. The lowest BCUT2D eigenvalue weighted by Crippen LogP contribution is -2.29. The number of anilines is 1. The number of nitro groups is 1. The van der Waals surface area contributed by atoms with E-state index in [4.69, 9.17) is 9.84 Å². The quantitative estimate of drug-likeness (QED) is 0.199. The van der Waals surface area contributed by atoms with Crippen molar-refractivity contribution in [3.63, 3.8) is 0 Å². The van der Waals surface area contributed by atoms with Crippen LogP contribution in [0, 0.1) is 10.1 Å². The van der Waals surface area contributed by atoms with Crippen LogP contribution in [0.5, 0.6) is 0 Å². The molecule has 2 amide bonds. The Labute approximate surface area is 184 Å².